The molecule has 7 heteroatoms. The molecule has 0 atom stereocenters. The second kappa shape index (κ2) is 7.24. The zero-order chi connectivity index (χ0) is 14.5. The van der Waals surface area contributed by atoms with E-state index in [1.165, 1.54) is 11.3 Å². The van der Waals surface area contributed by atoms with Crippen LogP contribution in [0.3, 0.4) is 0 Å². The Kier molecular flexibility index (Phi) is 5.62. The Labute approximate surface area is 139 Å². The molecule has 20 heavy (non-hydrogen) atoms. The third-order valence-electron chi connectivity index (χ3n) is 2.36. The SMILES string of the molecule is CCOC(=O)Cc1csc(Nc2ccc(Cl)cc2I)n1. The summed E-state index contributed by atoms with van der Waals surface area (Å²) in [4.78, 5) is 15.7. The van der Waals surface area contributed by atoms with Gasteiger partial charge in [-0.1, -0.05) is 11.6 Å². The first-order chi connectivity index (χ1) is 9.58. The Morgan fingerprint density at radius 2 is 2.35 bits per heavy atom. The van der Waals surface area contributed by atoms with Gasteiger partial charge < -0.3 is 10.1 Å². The van der Waals surface area contributed by atoms with E-state index < -0.39 is 0 Å². The van der Waals surface area contributed by atoms with E-state index in [0.717, 1.165) is 14.4 Å². The maximum absolute atomic E-state index is 11.4. The second-order valence-electron chi connectivity index (χ2n) is 3.87. The molecule has 0 spiro atoms. The van der Waals surface area contributed by atoms with Crippen molar-refractivity contribution in [3.8, 4) is 0 Å². The van der Waals surface area contributed by atoms with E-state index >= 15 is 0 Å². The van der Waals surface area contributed by atoms with Crippen LogP contribution in [0.15, 0.2) is 23.6 Å². The summed E-state index contributed by atoms with van der Waals surface area (Å²) in [5.41, 5.74) is 1.65. The maximum Gasteiger partial charge on any atom is 0.311 e. The smallest absolute Gasteiger partial charge is 0.311 e. The number of ether oxygens (including phenoxy) is 1. The number of anilines is 2. The Morgan fingerprint density at radius 3 is 3.05 bits per heavy atom. The van der Waals surface area contributed by atoms with E-state index in [9.17, 15) is 4.79 Å². The van der Waals surface area contributed by atoms with Gasteiger partial charge in [0.2, 0.25) is 0 Å². The van der Waals surface area contributed by atoms with Crippen molar-refractivity contribution in [3.63, 3.8) is 0 Å². The molecule has 0 radical (unpaired) electrons. The van der Waals surface area contributed by atoms with Crippen LogP contribution in [0.2, 0.25) is 5.02 Å². The lowest BCUT2D eigenvalue weighted by Gasteiger charge is -2.05. The highest BCUT2D eigenvalue weighted by atomic mass is 127. The molecule has 2 aromatic rings. The molecule has 0 unspecified atom stereocenters. The topological polar surface area (TPSA) is 51.2 Å². The Morgan fingerprint density at radius 1 is 1.55 bits per heavy atom. The molecule has 0 saturated carbocycles. The fourth-order valence-corrected chi connectivity index (χ4v) is 3.24. The van der Waals surface area contributed by atoms with Gasteiger partial charge in [0.05, 0.1) is 24.4 Å². The fraction of sp³-hybridized carbons (Fsp3) is 0.231. The summed E-state index contributed by atoms with van der Waals surface area (Å²) in [6.07, 6.45) is 0.198. The third-order valence-corrected chi connectivity index (χ3v) is 4.29. The monoisotopic (exact) mass is 422 g/mol. The van der Waals surface area contributed by atoms with Crippen LogP contribution < -0.4 is 5.32 Å². The number of halogens is 2. The Hall–Kier alpha value is -0.860. The number of aromatic nitrogens is 1. The first-order valence-corrected chi connectivity index (χ1v) is 8.24. The molecule has 1 aromatic heterocycles. The van der Waals surface area contributed by atoms with E-state index in [1.807, 2.05) is 23.6 Å². The zero-order valence-corrected chi connectivity index (χ0v) is 14.4. The van der Waals surface area contributed by atoms with Crippen LogP contribution in [0, 0.1) is 3.57 Å². The van der Waals surface area contributed by atoms with Gasteiger partial charge in [-0.3, -0.25) is 4.79 Å². The first kappa shape index (κ1) is 15.5. The molecular formula is C13H12ClIN2O2S. The van der Waals surface area contributed by atoms with Gasteiger partial charge in [-0.15, -0.1) is 11.3 Å². The van der Waals surface area contributed by atoms with E-state index in [1.54, 1.807) is 6.92 Å². The number of hydrogen-bond acceptors (Lipinski definition) is 5. The normalized spacial score (nSPS) is 10.3. The lowest BCUT2D eigenvalue weighted by Crippen LogP contribution is -2.07. The molecule has 2 rings (SSSR count). The van der Waals surface area contributed by atoms with E-state index in [2.05, 4.69) is 32.9 Å². The average Bonchev–Trinajstić information content (AvgIpc) is 2.80. The van der Waals surface area contributed by atoms with Gasteiger partial charge in [0.1, 0.15) is 0 Å². The molecule has 0 aliphatic heterocycles. The number of esters is 1. The molecule has 0 fully saturated rings. The predicted octanol–water partition coefficient (Wildman–Crippen LogP) is 4.25. The maximum atomic E-state index is 11.4. The molecular weight excluding hydrogens is 411 g/mol. The predicted molar refractivity (Wildman–Crippen MR) is 89.9 cm³/mol. The van der Waals surface area contributed by atoms with Crippen LogP contribution >= 0.6 is 45.5 Å². The fourth-order valence-electron chi connectivity index (χ4n) is 1.51. The number of benzene rings is 1. The number of hydrogen-bond donors (Lipinski definition) is 1. The number of nitrogens with zero attached hydrogens (tertiary/aromatic N) is 1. The van der Waals surface area contributed by atoms with Crippen molar-refractivity contribution >= 4 is 62.3 Å². The summed E-state index contributed by atoms with van der Waals surface area (Å²) in [6.45, 7) is 2.17. The van der Waals surface area contributed by atoms with Crippen LogP contribution in [0.1, 0.15) is 12.6 Å². The van der Waals surface area contributed by atoms with E-state index in [-0.39, 0.29) is 12.4 Å². The van der Waals surface area contributed by atoms with E-state index in [0.29, 0.717) is 17.3 Å². The van der Waals surface area contributed by atoms with E-state index in [4.69, 9.17) is 16.3 Å². The first-order valence-electron chi connectivity index (χ1n) is 5.90. The molecule has 106 valence electrons. The molecule has 4 nitrogen and oxygen atoms in total. The largest absolute Gasteiger partial charge is 0.466 e. The lowest BCUT2D eigenvalue weighted by atomic mass is 10.3. The van der Waals surface area contributed by atoms with Crippen LogP contribution in [-0.2, 0) is 16.0 Å². The van der Waals surface area contributed by atoms with Gasteiger partial charge >= 0.3 is 5.97 Å². The third kappa shape index (κ3) is 4.32. The molecule has 1 N–H and O–H groups in total. The van der Waals surface area contributed by atoms with Gasteiger partial charge in [-0.05, 0) is 47.7 Å². The van der Waals surface area contributed by atoms with Crippen molar-refractivity contribution in [1.29, 1.82) is 0 Å². The van der Waals surface area contributed by atoms with Crippen molar-refractivity contribution in [1.82, 2.24) is 4.98 Å². The Balaban J connectivity index is 2.04. The number of carbonyl (C=O) groups excluding carboxylic acids is 1. The van der Waals surface area contributed by atoms with Gasteiger partial charge in [0, 0.05) is 14.0 Å². The van der Waals surface area contributed by atoms with Gasteiger partial charge in [-0.25, -0.2) is 4.98 Å². The van der Waals surface area contributed by atoms with Crippen molar-refractivity contribution in [2.24, 2.45) is 0 Å². The lowest BCUT2D eigenvalue weighted by molar-refractivity contribution is -0.142. The molecule has 0 aliphatic rings. The summed E-state index contributed by atoms with van der Waals surface area (Å²) >= 11 is 9.57. The highest BCUT2D eigenvalue weighted by molar-refractivity contribution is 14.1. The van der Waals surface area contributed by atoms with Crippen molar-refractivity contribution in [2.75, 3.05) is 11.9 Å². The van der Waals surface area contributed by atoms with Crippen LogP contribution in [-0.4, -0.2) is 17.6 Å². The van der Waals surface area contributed by atoms with Crippen LogP contribution in [0.5, 0.6) is 0 Å². The second-order valence-corrected chi connectivity index (χ2v) is 6.33. The molecule has 0 aliphatic carbocycles. The number of carbonyl (C=O) groups is 1. The molecule has 1 aromatic carbocycles. The summed E-state index contributed by atoms with van der Waals surface area (Å²) in [5, 5.41) is 6.50. The Bertz CT molecular complexity index is 618. The highest BCUT2D eigenvalue weighted by Crippen LogP contribution is 2.27. The highest BCUT2D eigenvalue weighted by Gasteiger charge is 2.09. The number of nitrogens with one attached hydrogen (secondary N) is 1. The molecule has 0 bridgehead atoms. The molecule has 0 amide bonds. The van der Waals surface area contributed by atoms with Crippen molar-refractivity contribution < 1.29 is 9.53 Å². The zero-order valence-electron chi connectivity index (χ0n) is 10.7. The summed E-state index contributed by atoms with van der Waals surface area (Å²) in [5.74, 6) is -0.259. The number of rotatable bonds is 5. The van der Waals surface area contributed by atoms with Crippen molar-refractivity contribution in [2.45, 2.75) is 13.3 Å². The van der Waals surface area contributed by atoms with Gasteiger partial charge in [-0.2, -0.15) is 0 Å². The summed E-state index contributed by atoms with van der Waals surface area (Å²) in [7, 11) is 0. The van der Waals surface area contributed by atoms with Crippen LogP contribution in [0.25, 0.3) is 0 Å². The molecule has 0 saturated heterocycles. The summed E-state index contributed by atoms with van der Waals surface area (Å²) < 4.78 is 5.91. The van der Waals surface area contributed by atoms with Gasteiger partial charge in [0.15, 0.2) is 5.13 Å². The standard InChI is InChI=1S/C13H12ClIN2O2S/c1-2-19-12(18)6-9-7-20-13(16-9)17-11-4-3-8(14)5-10(11)15/h3-5,7H,2,6H2,1H3,(H,16,17). The average molecular weight is 423 g/mol. The van der Waals surface area contributed by atoms with Crippen LogP contribution in [0.4, 0.5) is 10.8 Å². The minimum absolute atomic E-state index is 0.198. The van der Waals surface area contributed by atoms with Gasteiger partial charge in [0.25, 0.3) is 0 Å². The molecule has 1 heterocycles. The summed E-state index contributed by atoms with van der Waals surface area (Å²) in [6, 6.07) is 5.59. The minimum Gasteiger partial charge on any atom is -0.466 e. The van der Waals surface area contributed by atoms with Crippen molar-refractivity contribution in [3.05, 3.63) is 37.9 Å². The minimum atomic E-state index is -0.259. The number of thiazole rings is 1. The quantitative estimate of drug-likeness (QED) is 0.578.